The van der Waals surface area contributed by atoms with Crippen molar-refractivity contribution in [3.05, 3.63) is 82.9 Å². The third kappa shape index (κ3) is 5.05. The standard InChI is InChI=1S/C26H28ClN3O2/c1-18-16-30(17-28-18)24-10-9-19(13-25(24)32-2)12-22(8-5-11-27)26(31)29-23-14-20-6-3-4-7-21(20)15-23/h3-4,6-7,9-10,12-13,16-17,23H,5,8,11,14-15H2,1-2H3,(H,29,31)/b22-12+. The van der Waals surface area contributed by atoms with Crippen molar-refractivity contribution in [2.45, 2.75) is 38.6 Å². The topological polar surface area (TPSA) is 56.1 Å². The second-order valence-electron chi connectivity index (χ2n) is 8.16. The number of ether oxygens (including phenoxy) is 1. The quantitative estimate of drug-likeness (QED) is 0.394. The number of aromatic nitrogens is 2. The first kappa shape index (κ1) is 22.2. The van der Waals surface area contributed by atoms with Crippen LogP contribution in [-0.4, -0.2) is 34.5 Å². The lowest BCUT2D eigenvalue weighted by Gasteiger charge is -2.15. The van der Waals surface area contributed by atoms with Crippen LogP contribution in [0.2, 0.25) is 0 Å². The van der Waals surface area contributed by atoms with Gasteiger partial charge in [0.15, 0.2) is 0 Å². The van der Waals surface area contributed by atoms with E-state index in [1.54, 1.807) is 13.4 Å². The molecule has 0 atom stereocenters. The molecule has 6 heteroatoms. The zero-order valence-corrected chi connectivity index (χ0v) is 19.2. The fraction of sp³-hybridized carbons (Fsp3) is 0.308. The summed E-state index contributed by atoms with van der Waals surface area (Å²) in [5.74, 6) is 1.21. The molecule has 1 heterocycles. The number of rotatable bonds is 8. The Morgan fingerprint density at radius 3 is 2.62 bits per heavy atom. The molecule has 3 aromatic rings. The smallest absolute Gasteiger partial charge is 0.247 e. The van der Waals surface area contributed by atoms with Gasteiger partial charge in [0.2, 0.25) is 5.91 Å². The molecule has 0 unspecified atom stereocenters. The molecule has 166 valence electrons. The van der Waals surface area contributed by atoms with Crippen molar-refractivity contribution in [3.63, 3.8) is 0 Å². The Labute approximate surface area is 194 Å². The lowest BCUT2D eigenvalue weighted by molar-refractivity contribution is -0.118. The highest BCUT2D eigenvalue weighted by atomic mass is 35.5. The maximum absolute atomic E-state index is 13.1. The van der Waals surface area contributed by atoms with Crippen molar-refractivity contribution in [2.24, 2.45) is 0 Å². The first-order valence-electron chi connectivity index (χ1n) is 10.9. The first-order valence-corrected chi connectivity index (χ1v) is 11.4. The number of methoxy groups -OCH3 is 1. The molecule has 0 spiro atoms. The summed E-state index contributed by atoms with van der Waals surface area (Å²) in [5.41, 5.74) is 6.12. The molecular formula is C26H28ClN3O2. The summed E-state index contributed by atoms with van der Waals surface area (Å²) >= 11 is 5.94. The Morgan fingerprint density at radius 1 is 1.25 bits per heavy atom. The number of hydrogen-bond acceptors (Lipinski definition) is 3. The number of amides is 1. The minimum Gasteiger partial charge on any atom is -0.495 e. The van der Waals surface area contributed by atoms with E-state index in [1.165, 1.54) is 11.1 Å². The molecule has 0 bridgehead atoms. The summed E-state index contributed by atoms with van der Waals surface area (Å²) in [6.07, 6.45) is 8.77. The van der Waals surface area contributed by atoms with Gasteiger partial charge in [0.05, 0.1) is 24.8 Å². The average Bonchev–Trinajstić information content (AvgIpc) is 3.41. The Hall–Kier alpha value is -3.05. The van der Waals surface area contributed by atoms with Crippen molar-refractivity contribution in [1.29, 1.82) is 0 Å². The summed E-state index contributed by atoms with van der Waals surface area (Å²) in [5, 5.41) is 3.23. The lowest BCUT2D eigenvalue weighted by Crippen LogP contribution is -2.36. The molecule has 1 aliphatic rings. The van der Waals surface area contributed by atoms with Gasteiger partial charge < -0.3 is 14.6 Å². The highest BCUT2D eigenvalue weighted by Gasteiger charge is 2.23. The predicted molar refractivity (Wildman–Crippen MR) is 129 cm³/mol. The van der Waals surface area contributed by atoms with Crippen LogP contribution in [0.25, 0.3) is 11.8 Å². The van der Waals surface area contributed by atoms with Crippen LogP contribution < -0.4 is 10.1 Å². The molecule has 1 aliphatic carbocycles. The highest BCUT2D eigenvalue weighted by Crippen LogP contribution is 2.27. The SMILES string of the molecule is COc1cc(/C=C(\CCCCl)C(=O)NC2Cc3ccccc3C2)ccc1-n1cnc(C)c1. The highest BCUT2D eigenvalue weighted by molar-refractivity contribution is 6.17. The Balaban J connectivity index is 1.54. The van der Waals surface area contributed by atoms with Gasteiger partial charge in [-0.1, -0.05) is 30.3 Å². The monoisotopic (exact) mass is 449 g/mol. The van der Waals surface area contributed by atoms with Gasteiger partial charge in [-0.05, 0) is 67.5 Å². The molecule has 1 aromatic heterocycles. The number of fused-ring (bicyclic) bond motifs is 1. The van der Waals surface area contributed by atoms with Crippen LogP contribution in [0.1, 0.15) is 35.2 Å². The van der Waals surface area contributed by atoms with Gasteiger partial charge in [-0.3, -0.25) is 4.79 Å². The number of hydrogen-bond donors (Lipinski definition) is 1. The van der Waals surface area contributed by atoms with Crippen molar-refractivity contribution < 1.29 is 9.53 Å². The van der Waals surface area contributed by atoms with E-state index in [0.717, 1.165) is 47.5 Å². The predicted octanol–water partition coefficient (Wildman–Crippen LogP) is 4.88. The number of carbonyl (C=O) groups excluding carboxylic acids is 1. The zero-order valence-electron chi connectivity index (χ0n) is 18.5. The van der Waals surface area contributed by atoms with Gasteiger partial charge >= 0.3 is 0 Å². The number of nitrogens with one attached hydrogen (secondary N) is 1. The maximum atomic E-state index is 13.1. The van der Waals surface area contributed by atoms with Crippen LogP contribution in [0, 0.1) is 6.92 Å². The van der Waals surface area contributed by atoms with Gasteiger partial charge in [-0.2, -0.15) is 0 Å². The van der Waals surface area contributed by atoms with E-state index in [2.05, 4.69) is 34.6 Å². The molecule has 1 amide bonds. The minimum absolute atomic E-state index is 0.0267. The van der Waals surface area contributed by atoms with Crippen molar-refractivity contribution in [2.75, 3.05) is 13.0 Å². The van der Waals surface area contributed by atoms with Crippen LogP contribution in [0.4, 0.5) is 0 Å². The number of carbonyl (C=O) groups is 1. The molecule has 0 radical (unpaired) electrons. The van der Waals surface area contributed by atoms with Gasteiger partial charge in [-0.15, -0.1) is 11.6 Å². The second-order valence-corrected chi connectivity index (χ2v) is 8.54. The van der Waals surface area contributed by atoms with Crippen LogP contribution in [0.15, 0.2) is 60.6 Å². The maximum Gasteiger partial charge on any atom is 0.247 e. The Morgan fingerprint density at radius 2 is 2.00 bits per heavy atom. The largest absolute Gasteiger partial charge is 0.495 e. The van der Waals surface area contributed by atoms with Crippen LogP contribution in [0.5, 0.6) is 5.75 Å². The molecule has 4 rings (SSSR count). The van der Waals surface area contributed by atoms with E-state index < -0.39 is 0 Å². The van der Waals surface area contributed by atoms with Gasteiger partial charge in [0.1, 0.15) is 5.75 Å². The van der Waals surface area contributed by atoms with Gasteiger partial charge in [0, 0.05) is 23.7 Å². The number of imidazole rings is 1. The van der Waals surface area contributed by atoms with Crippen LogP contribution in [-0.2, 0) is 17.6 Å². The van der Waals surface area contributed by atoms with Gasteiger partial charge in [0.25, 0.3) is 0 Å². The summed E-state index contributed by atoms with van der Waals surface area (Å²) < 4.78 is 7.55. The fourth-order valence-corrected chi connectivity index (χ4v) is 4.33. The van der Waals surface area contributed by atoms with E-state index in [1.807, 2.05) is 42.0 Å². The molecular weight excluding hydrogens is 422 g/mol. The van der Waals surface area contributed by atoms with Crippen LogP contribution >= 0.6 is 11.6 Å². The van der Waals surface area contributed by atoms with E-state index in [9.17, 15) is 4.79 Å². The summed E-state index contributed by atoms with van der Waals surface area (Å²) in [6.45, 7) is 1.95. The molecule has 0 aliphatic heterocycles. The normalized spacial score (nSPS) is 13.8. The average molecular weight is 450 g/mol. The van der Waals surface area contributed by atoms with E-state index in [4.69, 9.17) is 16.3 Å². The van der Waals surface area contributed by atoms with Crippen molar-refractivity contribution >= 4 is 23.6 Å². The van der Waals surface area contributed by atoms with Gasteiger partial charge in [-0.25, -0.2) is 4.98 Å². The third-order valence-electron chi connectivity index (χ3n) is 5.79. The molecule has 0 saturated carbocycles. The van der Waals surface area contributed by atoms with E-state index >= 15 is 0 Å². The Bertz CT molecular complexity index is 1110. The van der Waals surface area contributed by atoms with Crippen molar-refractivity contribution in [1.82, 2.24) is 14.9 Å². The molecule has 5 nitrogen and oxygen atoms in total. The number of aryl methyl sites for hydroxylation is 1. The van der Waals surface area contributed by atoms with E-state index in [-0.39, 0.29) is 11.9 Å². The number of benzene rings is 2. The summed E-state index contributed by atoms with van der Waals surface area (Å²) in [6, 6.07) is 14.4. The fourth-order valence-electron chi connectivity index (χ4n) is 4.20. The number of nitrogens with zero attached hydrogens (tertiary/aromatic N) is 2. The molecule has 0 fully saturated rings. The number of halogens is 1. The van der Waals surface area contributed by atoms with Crippen molar-refractivity contribution in [3.8, 4) is 11.4 Å². The number of alkyl halides is 1. The molecule has 32 heavy (non-hydrogen) atoms. The van der Waals surface area contributed by atoms with E-state index in [0.29, 0.717) is 12.3 Å². The molecule has 1 N–H and O–H groups in total. The van der Waals surface area contributed by atoms with Crippen LogP contribution in [0.3, 0.4) is 0 Å². The second kappa shape index (κ2) is 10.0. The zero-order chi connectivity index (χ0) is 22.5. The third-order valence-corrected chi connectivity index (χ3v) is 6.06. The summed E-state index contributed by atoms with van der Waals surface area (Å²) in [4.78, 5) is 17.4. The Kier molecular flexibility index (Phi) is 6.96. The lowest BCUT2D eigenvalue weighted by atomic mass is 10.0. The summed E-state index contributed by atoms with van der Waals surface area (Å²) in [7, 11) is 1.65. The molecule has 0 saturated heterocycles. The first-order chi connectivity index (χ1) is 15.6. The minimum atomic E-state index is -0.0267. The molecule has 2 aromatic carbocycles.